The number of amides is 2. The van der Waals surface area contributed by atoms with Gasteiger partial charge in [-0.25, -0.2) is 4.98 Å². The molecule has 4 aromatic rings. The van der Waals surface area contributed by atoms with Crippen molar-refractivity contribution in [1.29, 1.82) is 0 Å². The number of anilines is 2. The fraction of sp³-hybridized carbons (Fsp3) is 0.154. The van der Waals surface area contributed by atoms with E-state index >= 15 is 0 Å². The number of benzene rings is 3. The Morgan fingerprint density at radius 3 is 2.58 bits per heavy atom. The Balaban J connectivity index is 1.38. The smallest absolute Gasteiger partial charge is 0.229 e. The highest BCUT2D eigenvalue weighted by molar-refractivity contribution is 6.04. The van der Waals surface area contributed by atoms with E-state index in [-0.39, 0.29) is 18.2 Å². The summed E-state index contributed by atoms with van der Waals surface area (Å²) in [4.78, 5) is 36.4. The molecule has 1 aliphatic heterocycles. The number of carbonyl (C=O) groups excluding carboxylic acids is 2. The van der Waals surface area contributed by atoms with Gasteiger partial charge in [0.15, 0.2) is 0 Å². The van der Waals surface area contributed by atoms with Crippen LogP contribution >= 0.6 is 0 Å². The number of methoxy groups -OCH3 is 1. The van der Waals surface area contributed by atoms with Crippen molar-refractivity contribution in [1.82, 2.24) is 9.97 Å². The molecular weight excluding hydrogens is 416 g/mol. The average Bonchev–Trinajstić information content (AvgIpc) is 3.26. The van der Waals surface area contributed by atoms with Gasteiger partial charge in [0.2, 0.25) is 11.8 Å². The second-order valence-electron chi connectivity index (χ2n) is 7.89. The largest absolute Gasteiger partial charge is 0.495 e. The molecule has 7 nitrogen and oxygen atoms in total. The van der Waals surface area contributed by atoms with Gasteiger partial charge >= 0.3 is 0 Å². The monoisotopic (exact) mass is 438 g/mol. The minimum Gasteiger partial charge on any atom is -0.495 e. The number of para-hydroxylation sites is 3. The fourth-order valence-electron chi connectivity index (χ4n) is 4.04. The molecule has 0 radical (unpaired) electrons. The molecule has 33 heavy (non-hydrogen) atoms. The molecule has 1 atom stereocenters. The summed E-state index contributed by atoms with van der Waals surface area (Å²) in [5.41, 5.74) is 4.43. The van der Waals surface area contributed by atoms with E-state index < -0.39 is 5.92 Å². The second kappa shape index (κ2) is 8.70. The van der Waals surface area contributed by atoms with Crippen molar-refractivity contribution in [2.75, 3.05) is 23.9 Å². The Bertz CT molecular complexity index is 1340. The summed E-state index contributed by atoms with van der Waals surface area (Å²) in [6, 6.07) is 22.5. The zero-order valence-corrected chi connectivity index (χ0v) is 18.1. The zero-order chi connectivity index (χ0) is 22.8. The lowest BCUT2D eigenvalue weighted by Crippen LogP contribution is -2.28. The molecule has 0 spiro atoms. The minimum absolute atomic E-state index is 0.0616. The van der Waals surface area contributed by atoms with Crippen molar-refractivity contribution in [2.24, 2.45) is 5.92 Å². The molecule has 0 bridgehead atoms. The van der Waals surface area contributed by atoms with Crippen LogP contribution in [0.5, 0.6) is 5.75 Å². The highest BCUT2D eigenvalue weighted by Crippen LogP contribution is 2.32. The van der Waals surface area contributed by atoms with Gasteiger partial charge in [-0.1, -0.05) is 30.3 Å². The minimum atomic E-state index is -0.452. The van der Waals surface area contributed by atoms with E-state index in [2.05, 4.69) is 15.3 Å². The first kappa shape index (κ1) is 20.6. The molecule has 1 aliphatic rings. The summed E-state index contributed by atoms with van der Waals surface area (Å²) < 4.78 is 5.45. The van der Waals surface area contributed by atoms with Gasteiger partial charge in [0.25, 0.3) is 0 Å². The molecule has 2 amide bonds. The van der Waals surface area contributed by atoms with Crippen molar-refractivity contribution < 1.29 is 14.3 Å². The van der Waals surface area contributed by atoms with Gasteiger partial charge < -0.3 is 15.0 Å². The van der Waals surface area contributed by atoms with Crippen LogP contribution in [-0.2, 0) is 9.59 Å². The molecule has 1 fully saturated rings. The molecule has 164 valence electrons. The molecule has 1 aromatic heterocycles. The van der Waals surface area contributed by atoms with E-state index in [1.165, 1.54) is 0 Å². The van der Waals surface area contributed by atoms with Crippen molar-refractivity contribution in [3.63, 3.8) is 0 Å². The van der Waals surface area contributed by atoms with Gasteiger partial charge in [0, 0.05) is 24.2 Å². The molecule has 0 saturated carbocycles. The van der Waals surface area contributed by atoms with E-state index in [4.69, 9.17) is 4.74 Å². The first-order valence-corrected chi connectivity index (χ1v) is 10.7. The van der Waals surface area contributed by atoms with Gasteiger partial charge in [0.05, 0.1) is 41.6 Å². The molecule has 7 heteroatoms. The SMILES string of the molecule is COc1ccc(-c2cnc3ccccc3n2)cc1NC(=O)[C@@H]1CC(=O)N(c2ccccc2)C1. The maximum Gasteiger partial charge on any atom is 0.229 e. The lowest BCUT2D eigenvalue weighted by atomic mass is 10.1. The second-order valence-corrected chi connectivity index (χ2v) is 7.89. The molecule has 0 unspecified atom stereocenters. The lowest BCUT2D eigenvalue weighted by molar-refractivity contribution is -0.122. The summed E-state index contributed by atoms with van der Waals surface area (Å²) in [7, 11) is 1.55. The van der Waals surface area contributed by atoms with Crippen LogP contribution in [0.2, 0.25) is 0 Å². The first-order valence-electron chi connectivity index (χ1n) is 10.7. The van der Waals surface area contributed by atoms with Crippen LogP contribution in [0.15, 0.2) is 79.0 Å². The summed E-state index contributed by atoms with van der Waals surface area (Å²) in [5.74, 6) is -0.202. The van der Waals surface area contributed by atoms with E-state index in [0.717, 1.165) is 22.3 Å². The number of aromatic nitrogens is 2. The lowest BCUT2D eigenvalue weighted by Gasteiger charge is -2.17. The van der Waals surface area contributed by atoms with Gasteiger partial charge in [-0.3, -0.25) is 14.6 Å². The number of fused-ring (bicyclic) bond motifs is 1. The quantitative estimate of drug-likeness (QED) is 0.502. The van der Waals surface area contributed by atoms with Gasteiger partial charge in [0.1, 0.15) is 5.75 Å². The van der Waals surface area contributed by atoms with Crippen molar-refractivity contribution in [3.8, 4) is 17.0 Å². The van der Waals surface area contributed by atoms with Gasteiger partial charge in [-0.05, 0) is 42.5 Å². The topological polar surface area (TPSA) is 84.4 Å². The maximum atomic E-state index is 13.1. The molecule has 3 aromatic carbocycles. The van der Waals surface area contributed by atoms with E-state index in [1.54, 1.807) is 24.3 Å². The van der Waals surface area contributed by atoms with Gasteiger partial charge in [-0.15, -0.1) is 0 Å². The third kappa shape index (κ3) is 4.13. The Hall–Kier alpha value is -4.26. The molecular formula is C26H22N4O3. The van der Waals surface area contributed by atoms with Crippen LogP contribution in [0, 0.1) is 5.92 Å². The predicted octanol–water partition coefficient (Wildman–Crippen LogP) is 4.30. The fourth-order valence-corrected chi connectivity index (χ4v) is 4.04. The standard InChI is InChI=1S/C26H22N4O3/c1-33-24-12-11-17(23-15-27-20-9-5-6-10-21(20)28-23)13-22(24)29-26(32)18-14-25(31)30(16-18)19-7-3-2-4-8-19/h2-13,15,18H,14,16H2,1H3,(H,29,32)/t18-/m1/s1. The Kier molecular flexibility index (Phi) is 5.44. The molecule has 1 saturated heterocycles. The van der Waals surface area contributed by atoms with Crippen molar-refractivity contribution in [3.05, 3.63) is 79.0 Å². The van der Waals surface area contributed by atoms with Crippen molar-refractivity contribution >= 4 is 34.2 Å². The van der Waals surface area contributed by atoms with Crippen LogP contribution in [-0.4, -0.2) is 35.4 Å². The summed E-state index contributed by atoms with van der Waals surface area (Å²) in [6.45, 7) is 0.340. The summed E-state index contributed by atoms with van der Waals surface area (Å²) >= 11 is 0. The predicted molar refractivity (Wildman–Crippen MR) is 127 cm³/mol. The number of carbonyl (C=O) groups is 2. The Labute approximate surface area is 191 Å². The third-order valence-electron chi connectivity index (χ3n) is 5.77. The number of hydrogen-bond donors (Lipinski definition) is 1. The molecule has 0 aliphatic carbocycles. The zero-order valence-electron chi connectivity index (χ0n) is 18.1. The van der Waals surface area contributed by atoms with Crippen molar-refractivity contribution in [2.45, 2.75) is 6.42 Å². The van der Waals surface area contributed by atoms with E-state index in [0.29, 0.717) is 23.7 Å². The Morgan fingerprint density at radius 1 is 1.03 bits per heavy atom. The number of rotatable bonds is 5. The van der Waals surface area contributed by atoms with Crippen LogP contribution in [0.4, 0.5) is 11.4 Å². The van der Waals surface area contributed by atoms with Gasteiger partial charge in [-0.2, -0.15) is 0 Å². The van der Waals surface area contributed by atoms with E-state index in [9.17, 15) is 9.59 Å². The number of hydrogen-bond acceptors (Lipinski definition) is 5. The number of nitrogens with one attached hydrogen (secondary N) is 1. The Morgan fingerprint density at radius 2 is 1.79 bits per heavy atom. The van der Waals surface area contributed by atoms with Crippen LogP contribution in [0.3, 0.4) is 0 Å². The number of ether oxygens (including phenoxy) is 1. The normalized spacial score (nSPS) is 15.6. The average molecular weight is 438 g/mol. The highest BCUT2D eigenvalue weighted by atomic mass is 16.5. The molecule has 1 N–H and O–H groups in total. The molecule has 5 rings (SSSR count). The third-order valence-corrected chi connectivity index (χ3v) is 5.77. The van der Waals surface area contributed by atoms with Crippen LogP contribution in [0.25, 0.3) is 22.3 Å². The van der Waals surface area contributed by atoms with E-state index in [1.807, 2.05) is 66.7 Å². The number of nitrogens with zero attached hydrogens (tertiary/aromatic N) is 3. The summed E-state index contributed by atoms with van der Waals surface area (Å²) in [5, 5.41) is 2.95. The highest BCUT2D eigenvalue weighted by Gasteiger charge is 2.35. The maximum absolute atomic E-state index is 13.1. The summed E-state index contributed by atoms with van der Waals surface area (Å²) in [6.07, 6.45) is 1.88. The first-order chi connectivity index (χ1) is 16.1. The van der Waals surface area contributed by atoms with Crippen LogP contribution < -0.4 is 15.0 Å². The van der Waals surface area contributed by atoms with Crippen LogP contribution in [0.1, 0.15) is 6.42 Å². The molecule has 2 heterocycles.